The van der Waals surface area contributed by atoms with E-state index in [0.717, 1.165) is 42.4 Å². The van der Waals surface area contributed by atoms with Gasteiger partial charge in [-0.25, -0.2) is 15.0 Å². The van der Waals surface area contributed by atoms with Crippen molar-refractivity contribution < 1.29 is 0 Å². The molecule has 0 spiro atoms. The highest BCUT2D eigenvalue weighted by molar-refractivity contribution is 9.10. The molecule has 2 aromatic heterocycles. The van der Waals surface area contributed by atoms with Gasteiger partial charge in [0, 0.05) is 56.6 Å². The van der Waals surface area contributed by atoms with E-state index in [-0.39, 0.29) is 0 Å². The van der Waals surface area contributed by atoms with Gasteiger partial charge in [0.15, 0.2) is 0 Å². The van der Waals surface area contributed by atoms with Crippen LogP contribution in [0.2, 0.25) is 5.02 Å². The van der Waals surface area contributed by atoms with Gasteiger partial charge in [-0.3, -0.25) is 0 Å². The molecule has 2 saturated heterocycles. The number of aromatic nitrogens is 3. The lowest BCUT2D eigenvalue weighted by atomic mass is 10.0. The van der Waals surface area contributed by atoms with Crippen LogP contribution >= 0.6 is 27.5 Å². The van der Waals surface area contributed by atoms with Crippen LogP contribution in [-0.2, 0) is 0 Å². The van der Waals surface area contributed by atoms with E-state index in [1.807, 2.05) is 12.1 Å². The minimum Gasteiger partial charge on any atom is -0.356 e. The predicted octanol–water partition coefficient (Wildman–Crippen LogP) is 2.86. The zero-order valence-corrected chi connectivity index (χ0v) is 14.2. The van der Waals surface area contributed by atoms with Gasteiger partial charge in [-0.1, -0.05) is 11.6 Å². The molecule has 2 fully saturated rings. The van der Waals surface area contributed by atoms with Crippen molar-refractivity contribution in [2.24, 2.45) is 11.8 Å². The Hall–Kier alpha value is -1.40. The fourth-order valence-electron chi connectivity index (χ4n) is 3.37. The van der Waals surface area contributed by atoms with E-state index >= 15 is 0 Å². The molecular weight excluding hydrogens is 366 g/mol. The third kappa shape index (κ3) is 2.65. The lowest BCUT2D eigenvalue weighted by molar-refractivity contribution is 0.533. The highest BCUT2D eigenvalue weighted by Gasteiger charge is 2.41. The zero-order valence-electron chi connectivity index (χ0n) is 11.9. The molecule has 2 aliphatic rings. The van der Waals surface area contributed by atoms with E-state index < -0.39 is 0 Å². The summed E-state index contributed by atoms with van der Waals surface area (Å²) in [4.78, 5) is 17.9. The van der Waals surface area contributed by atoms with E-state index in [1.54, 1.807) is 18.6 Å². The van der Waals surface area contributed by atoms with Crippen LogP contribution in [0.15, 0.2) is 35.2 Å². The first-order valence-electron chi connectivity index (χ1n) is 7.28. The highest BCUT2D eigenvalue weighted by atomic mass is 79.9. The van der Waals surface area contributed by atoms with Crippen LogP contribution in [0, 0.1) is 11.8 Å². The molecule has 0 radical (unpaired) electrons. The molecule has 2 aromatic rings. The smallest absolute Gasteiger partial charge is 0.225 e. The average Bonchev–Trinajstić information content (AvgIpc) is 3.07. The number of pyridine rings is 1. The third-order valence-corrected chi connectivity index (χ3v) is 5.04. The molecule has 2 unspecified atom stereocenters. The summed E-state index contributed by atoms with van der Waals surface area (Å²) in [5.41, 5.74) is 0. The Labute approximate surface area is 142 Å². The molecule has 4 rings (SSSR count). The lowest BCUT2D eigenvalue weighted by Crippen LogP contribution is -2.30. The van der Waals surface area contributed by atoms with E-state index in [1.165, 1.54) is 0 Å². The van der Waals surface area contributed by atoms with Crippen LogP contribution < -0.4 is 9.80 Å². The molecule has 7 heteroatoms. The minimum absolute atomic E-state index is 0.643. The maximum absolute atomic E-state index is 5.91. The number of halogens is 2. The second-order valence-electron chi connectivity index (χ2n) is 5.87. The summed E-state index contributed by atoms with van der Waals surface area (Å²) in [7, 11) is 0. The van der Waals surface area contributed by atoms with Gasteiger partial charge >= 0.3 is 0 Å². The molecular formula is C15H15BrClN5. The topological polar surface area (TPSA) is 45.2 Å². The molecule has 0 aliphatic carbocycles. The molecule has 22 heavy (non-hydrogen) atoms. The molecule has 0 amide bonds. The summed E-state index contributed by atoms with van der Waals surface area (Å²) in [5.74, 6) is 3.13. The summed E-state index contributed by atoms with van der Waals surface area (Å²) in [6.07, 6.45) is 5.33. The summed E-state index contributed by atoms with van der Waals surface area (Å²) < 4.78 is 0.913. The molecule has 0 aromatic carbocycles. The van der Waals surface area contributed by atoms with E-state index in [0.29, 0.717) is 16.9 Å². The van der Waals surface area contributed by atoms with Crippen molar-refractivity contribution in [1.82, 2.24) is 15.0 Å². The van der Waals surface area contributed by atoms with Crippen molar-refractivity contribution in [3.05, 3.63) is 40.2 Å². The van der Waals surface area contributed by atoms with E-state index in [4.69, 9.17) is 11.6 Å². The largest absolute Gasteiger partial charge is 0.356 e. The number of rotatable bonds is 2. The van der Waals surface area contributed by atoms with Crippen molar-refractivity contribution in [3.63, 3.8) is 0 Å². The second-order valence-corrected chi connectivity index (χ2v) is 7.22. The predicted molar refractivity (Wildman–Crippen MR) is 90.4 cm³/mol. The first-order valence-corrected chi connectivity index (χ1v) is 8.45. The number of fused-ring (bicyclic) bond motifs is 1. The Kier molecular flexibility index (Phi) is 3.66. The summed E-state index contributed by atoms with van der Waals surface area (Å²) >= 11 is 9.28. The van der Waals surface area contributed by atoms with Crippen molar-refractivity contribution in [3.8, 4) is 0 Å². The van der Waals surface area contributed by atoms with Gasteiger partial charge in [0.2, 0.25) is 5.95 Å². The van der Waals surface area contributed by atoms with E-state index in [2.05, 4.69) is 40.7 Å². The van der Waals surface area contributed by atoms with Crippen LogP contribution in [0.3, 0.4) is 0 Å². The molecule has 4 heterocycles. The summed E-state index contributed by atoms with van der Waals surface area (Å²) in [6.45, 7) is 4.09. The second kappa shape index (κ2) is 5.66. The van der Waals surface area contributed by atoms with E-state index in [9.17, 15) is 0 Å². The Bertz CT molecular complexity index is 591. The van der Waals surface area contributed by atoms with Gasteiger partial charge in [0.25, 0.3) is 0 Å². The van der Waals surface area contributed by atoms with Gasteiger partial charge in [-0.2, -0.15) is 0 Å². The summed E-state index contributed by atoms with van der Waals surface area (Å²) in [6, 6.07) is 3.90. The Morgan fingerprint density at radius 3 is 2.14 bits per heavy atom. The van der Waals surface area contributed by atoms with Gasteiger partial charge in [0.05, 0.1) is 9.50 Å². The Morgan fingerprint density at radius 1 is 0.909 bits per heavy atom. The molecule has 0 bridgehead atoms. The van der Waals surface area contributed by atoms with Gasteiger partial charge in [-0.15, -0.1) is 0 Å². The van der Waals surface area contributed by atoms with Crippen LogP contribution in [-0.4, -0.2) is 41.1 Å². The summed E-state index contributed by atoms with van der Waals surface area (Å²) in [5, 5.41) is 0.682. The molecule has 5 nitrogen and oxygen atoms in total. The normalized spacial score (nSPS) is 23.9. The maximum atomic E-state index is 5.91. The molecule has 2 aliphatic heterocycles. The maximum Gasteiger partial charge on any atom is 0.225 e. The Morgan fingerprint density at radius 2 is 1.55 bits per heavy atom. The van der Waals surface area contributed by atoms with Crippen LogP contribution in [0.4, 0.5) is 11.8 Å². The number of hydrogen-bond acceptors (Lipinski definition) is 5. The van der Waals surface area contributed by atoms with Crippen molar-refractivity contribution >= 4 is 39.3 Å². The molecule has 0 saturated carbocycles. The first-order chi connectivity index (χ1) is 10.7. The lowest BCUT2D eigenvalue weighted by Gasteiger charge is -2.22. The standard InChI is InChI=1S/C15H15BrClN5/c16-12-3-19-15(20-4-12)22-8-10-6-21(7-11(10)9-22)14-2-1-13(17)5-18-14/h1-5,10-11H,6-9H2. The van der Waals surface area contributed by atoms with Crippen LogP contribution in [0.25, 0.3) is 0 Å². The van der Waals surface area contributed by atoms with Gasteiger partial charge in [0.1, 0.15) is 5.82 Å². The third-order valence-electron chi connectivity index (χ3n) is 4.41. The van der Waals surface area contributed by atoms with Crippen molar-refractivity contribution in [2.45, 2.75) is 0 Å². The molecule has 2 atom stereocenters. The molecule has 0 N–H and O–H groups in total. The number of hydrogen-bond donors (Lipinski definition) is 0. The Balaban J connectivity index is 1.44. The number of anilines is 2. The fraction of sp³-hybridized carbons (Fsp3) is 0.400. The van der Waals surface area contributed by atoms with Crippen molar-refractivity contribution in [2.75, 3.05) is 36.0 Å². The van der Waals surface area contributed by atoms with Gasteiger partial charge in [-0.05, 0) is 28.1 Å². The minimum atomic E-state index is 0.643. The van der Waals surface area contributed by atoms with Crippen LogP contribution in [0.1, 0.15) is 0 Å². The highest BCUT2D eigenvalue weighted by Crippen LogP contribution is 2.34. The quantitative estimate of drug-likeness (QED) is 0.801. The monoisotopic (exact) mass is 379 g/mol. The first kappa shape index (κ1) is 14.2. The zero-order chi connectivity index (χ0) is 15.1. The molecule has 114 valence electrons. The SMILES string of the molecule is Clc1ccc(N2CC3CN(c4ncc(Br)cn4)CC3C2)nc1. The van der Waals surface area contributed by atoms with Crippen LogP contribution in [0.5, 0.6) is 0 Å². The van der Waals surface area contributed by atoms with Crippen molar-refractivity contribution in [1.29, 1.82) is 0 Å². The average molecular weight is 381 g/mol. The number of nitrogens with zero attached hydrogens (tertiary/aromatic N) is 5. The van der Waals surface area contributed by atoms with Gasteiger partial charge < -0.3 is 9.80 Å². The fourth-order valence-corrected chi connectivity index (χ4v) is 3.68.